The van der Waals surface area contributed by atoms with Crippen molar-refractivity contribution in [2.45, 2.75) is 76.3 Å². The summed E-state index contributed by atoms with van der Waals surface area (Å²) >= 11 is 0. The highest BCUT2D eigenvalue weighted by atomic mass is 16.6. The van der Waals surface area contributed by atoms with Gasteiger partial charge in [0.1, 0.15) is 0 Å². The molecule has 1 aromatic rings. The van der Waals surface area contributed by atoms with Gasteiger partial charge in [-0.25, -0.2) is 0 Å². The Hall–Kier alpha value is -1.87. The van der Waals surface area contributed by atoms with Gasteiger partial charge in [0.25, 0.3) is 0 Å². The van der Waals surface area contributed by atoms with Crippen molar-refractivity contribution in [1.82, 2.24) is 10.6 Å². The Bertz CT molecular complexity index is 789. The molecular weight excluding hydrogens is 458 g/mol. The SMILES string of the molecule is O=C(NC1COB(c2ccc(B3OCC(NC(=O)C4CCCCC4)CO3)cc2)OC1)C1CCCCC1. The predicted octanol–water partition coefficient (Wildman–Crippen LogP) is 1.30. The van der Waals surface area contributed by atoms with Crippen LogP contribution in [0, 0.1) is 11.8 Å². The molecule has 0 atom stereocenters. The van der Waals surface area contributed by atoms with Gasteiger partial charge in [0.15, 0.2) is 0 Å². The van der Waals surface area contributed by atoms with Crippen LogP contribution in [-0.2, 0) is 28.2 Å². The van der Waals surface area contributed by atoms with E-state index in [4.69, 9.17) is 18.6 Å². The lowest BCUT2D eigenvalue weighted by Gasteiger charge is -2.31. The van der Waals surface area contributed by atoms with E-state index >= 15 is 0 Å². The fraction of sp³-hybridized carbons (Fsp3) is 0.692. The fourth-order valence-electron chi connectivity index (χ4n) is 5.74. The van der Waals surface area contributed by atoms with Crippen molar-refractivity contribution >= 4 is 37.0 Å². The van der Waals surface area contributed by atoms with Crippen LogP contribution in [0.2, 0.25) is 0 Å². The van der Waals surface area contributed by atoms with Crippen LogP contribution in [0.4, 0.5) is 0 Å². The van der Waals surface area contributed by atoms with Crippen molar-refractivity contribution in [3.8, 4) is 0 Å². The predicted molar refractivity (Wildman–Crippen MR) is 138 cm³/mol. The summed E-state index contributed by atoms with van der Waals surface area (Å²) in [5.41, 5.74) is 1.84. The Kier molecular flexibility index (Phi) is 9.01. The maximum absolute atomic E-state index is 12.5. The molecule has 2 saturated carbocycles. The first kappa shape index (κ1) is 25.8. The summed E-state index contributed by atoms with van der Waals surface area (Å²) in [5, 5.41) is 6.20. The number of carbonyl (C=O) groups is 2. The van der Waals surface area contributed by atoms with Crippen LogP contribution in [0.5, 0.6) is 0 Å². The van der Waals surface area contributed by atoms with Crippen LogP contribution < -0.4 is 21.6 Å². The first-order valence-corrected chi connectivity index (χ1v) is 13.8. The third kappa shape index (κ3) is 6.71. The molecule has 0 spiro atoms. The Labute approximate surface area is 214 Å². The average molecular weight is 496 g/mol. The maximum atomic E-state index is 12.5. The molecule has 8 nitrogen and oxygen atoms in total. The molecule has 2 amide bonds. The molecule has 2 saturated heterocycles. The van der Waals surface area contributed by atoms with Crippen LogP contribution in [0.1, 0.15) is 64.2 Å². The van der Waals surface area contributed by atoms with E-state index in [-0.39, 0.29) is 35.7 Å². The molecule has 5 rings (SSSR count). The molecule has 0 radical (unpaired) electrons. The van der Waals surface area contributed by atoms with Crippen LogP contribution in [0.15, 0.2) is 24.3 Å². The van der Waals surface area contributed by atoms with Crippen LogP contribution >= 0.6 is 0 Å². The number of hydrogen-bond donors (Lipinski definition) is 2. The second kappa shape index (κ2) is 12.6. The van der Waals surface area contributed by atoms with Gasteiger partial charge in [0.2, 0.25) is 11.8 Å². The van der Waals surface area contributed by atoms with Gasteiger partial charge >= 0.3 is 14.2 Å². The maximum Gasteiger partial charge on any atom is 0.494 e. The molecule has 4 aliphatic rings. The quantitative estimate of drug-likeness (QED) is 0.577. The Morgan fingerprint density at radius 1 is 0.583 bits per heavy atom. The normalized spacial score (nSPS) is 23.4. The summed E-state index contributed by atoms with van der Waals surface area (Å²) in [4.78, 5) is 25.0. The molecule has 2 aliphatic heterocycles. The zero-order valence-electron chi connectivity index (χ0n) is 21.1. The van der Waals surface area contributed by atoms with Crippen molar-refractivity contribution in [3.63, 3.8) is 0 Å². The van der Waals surface area contributed by atoms with Crippen molar-refractivity contribution < 1.29 is 28.2 Å². The van der Waals surface area contributed by atoms with Crippen molar-refractivity contribution in [2.75, 3.05) is 26.4 Å². The lowest BCUT2D eigenvalue weighted by molar-refractivity contribution is -0.128. The number of carbonyl (C=O) groups excluding carboxylic acids is 2. The third-order valence-corrected chi connectivity index (χ3v) is 7.92. The second-order valence-corrected chi connectivity index (χ2v) is 10.7. The lowest BCUT2D eigenvalue weighted by atomic mass is 9.72. The highest BCUT2D eigenvalue weighted by Crippen LogP contribution is 2.24. The van der Waals surface area contributed by atoms with E-state index in [9.17, 15) is 9.59 Å². The van der Waals surface area contributed by atoms with Gasteiger partial charge in [-0.15, -0.1) is 0 Å². The van der Waals surface area contributed by atoms with Crippen molar-refractivity contribution in [2.24, 2.45) is 11.8 Å². The van der Waals surface area contributed by atoms with E-state index in [1.54, 1.807) is 0 Å². The van der Waals surface area contributed by atoms with Gasteiger partial charge < -0.3 is 29.3 Å². The molecule has 2 N–H and O–H groups in total. The second-order valence-electron chi connectivity index (χ2n) is 10.7. The summed E-state index contributed by atoms with van der Waals surface area (Å²) in [6.45, 7) is 1.75. The number of nitrogens with one attached hydrogen (secondary N) is 2. The first-order valence-electron chi connectivity index (χ1n) is 13.8. The molecular formula is C26H38B2N2O6. The number of benzene rings is 1. The van der Waals surface area contributed by atoms with Crippen LogP contribution in [0.25, 0.3) is 0 Å². The topological polar surface area (TPSA) is 95.1 Å². The monoisotopic (exact) mass is 496 g/mol. The molecule has 1 aromatic carbocycles. The van der Waals surface area contributed by atoms with E-state index in [1.165, 1.54) is 12.8 Å². The number of amides is 2. The minimum atomic E-state index is -0.450. The highest BCUT2D eigenvalue weighted by molar-refractivity contribution is 6.63. The summed E-state index contributed by atoms with van der Waals surface area (Å²) in [5.74, 6) is 0.546. The van der Waals surface area contributed by atoms with Crippen molar-refractivity contribution in [1.29, 1.82) is 0 Å². The van der Waals surface area contributed by atoms with Gasteiger partial charge in [0, 0.05) is 11.8 Å². The Morgan fingerprint density at radius 2 is 0.917 bits per heavy atom. The number of hydrogen-bond acceptors (Lipinski definition) is 6. The molecule has 2 heterocycles. The van der Waals surface area contributed by atoms with Crippen molar-refractivity contribution in [3.05, 3.63) is 24.3 Å². The molecule has 36 heavy (non-hydrogen) atoms. The molecule has 2 aliphatic carbocycles. The summed E-state index contributed by atoms with van der Waals surface area (Å²) in [7, 11) is -0.899. The minimum Gasteiger partial charge on any atom is -0.405 e. The Balaban J connectivity index is 1.04. The van der Waals surface area contributed by atoms with E-state index in [2.05, 4.69) is 10.6 Å². The summed E-state index contributed by atoms with van der Waals surface area (Å²) in [6, 6.07) is 7.64. The molecule has 4 fully saturated rings. The average Bonchev–Trinajstić information content (AvgIpc) is 2.95. The molecule has 0 unspecified atom stereocenters. The minimum absolute atomic E-state index is 0.106. The molecule has 0 aromatic heterocycles. The van der Waals surface area contributed by atoms with E-state index in [0.717, 1.165) is 62.3 Å². The lowest BCUT2D eigenvalue weighted by Crippen LogP contribution is -2.54. The molecule has 194 valence electrons. The summed E-state index contributed by atoms with van der Waals surface area (Å²) < 4.78 is 23.6. The fourth-order valence-corrected chi connectivity index (χ4v) is 5.74. The highest BCUT2D eigenvalue weighted by Gasteiger charge is 2.34. The van der Waals surface area contributed by atoms with Crippen LogP contribution in [-0.4, -0.2) is 64.6 Å². The van der Waals surface area contributed by atoms with Gasteiger partial charge in [0.05, 0.1) is 38.5 Å². The third-order valence-electron chi connectivity index (χ3n) is 7.92. The smallest absolute Gasteiger partial charge is 0.405 e. The molecule has 0 bridgehead atoms. The number of rotatable bonds is 6. The molecule has 10 heteroatoms. The largest absolute Gasteiger partial charge is 0.494 e. The van der Waals surface area contributed by atoms with Gasteiger partial charge in [-0.05, 0) is 36.6 Å². The van der Waals surface area contributed by atoms with Gasteiger partial charge in [-0.2, -0.15) is 0 Å². The van der Waals surface area contributed by atoms with E-state index in [0.29, 0.717) is 26.4 Å². The van der Waals surface area contributed by atoms with Crippen LogP contribution in [0.3, 0.4) is 0 Å². The zero-order valence-corrected chi connectivity index (χ0v) is 21.1. The van der Waals surface area contributed by atoms with E-state index < -0.39 is 14.2 Å². The standard InChI is InChI=1S/C26H38B2N2O6/c31-25(19-7-3-1-4-8-19)29-23-15-33-27(34-16-23)21-11-13-22(14-12-21)28-35-17-24(18-36-28)30-26(32)20-9-5-2-6-10-20/h11-14,19-20,23-24H,1-10,15-18H2,(H,29,31)(H,30,32). The van der Waals surface area contributed by atoms with Gasteiger partial charge in [-0.1, -0.05) is 62.8 Å². The van der Waals surface area contributed by atoms with Gasteiger partial charge in [-0.3, -0.25) is 9.59 Å². The Morgan fingerprint density at radius 3 is 1.25 bits per heavy atom. The summed E-state index contributed by atoms with van der Waals surface area (Å²) in [6.07, 6.45) is 11.0. The zero-order chi connectivity index (χ0) is 24.7. The first-order chi connectivity index (χ1) is 17.7. The van der Waals surface area contributed by atoms with E-state index in [1.807, 2.05) is 24.3 Å².